The number of benzene rings is 1. The third kappa shape index (κ3) is 1.94. The Morgan fingerprint density at radius 2 is 2.06 bits per heavy atom. The van der Waals surface area contributed by atoms with E-state index < -0.39 is 0 Å². The molecule has 0 aliphatic rings. The summed E-state index contributed by atoms with van der Waals surface area (Å²) < 4.78 is 5.05. The third-order valence-electron chi connectivity index (χ3n) is 2.13. The fourth-order valence-corrected chi connectivity index (χ4v) is 1.86. The Labute approximate surface area is 102 Å². The quantitative estimate of drug-likeness (QED) is 0.870. The van der Waals surface area contributed by atoms with Crippen LogP contribution in [0.2, 0.25) is 10.0 Å². The van der Waals surface area contributed by atoms with Crippen LogP contribution in [0.3, 0.4) is 0 Å². The smallest absolute Gasteiger partial charge is 0.197 e. The molecule has 0 aliphatic carbocycles. The van der Waals surface area contributed by atoms with Gasteiger partial charge in [-0.1, -0.05) is 23.2 Å². The van der Waals surface area contributed by atoms with Crippen molar-refractivity contribution >= 4 is 29.2 Å². The molecule has 1 heterocycles. The maximum Gasteiger partial charge on any atom is 0.197 e. The highest BCUT2D eigenvalue weighted by atomic mass is 35.5. The summed E-state index contributed by atoms with van der Waals surface area (Å²) in [6, 6.07) is 3.35. The van der Waals surface area contributed by atoms with E-state index in [4.69, 9.17) is 33.7 Å². The van der Waals surface area contributed by atoms with Gasteiger partial charge in [-0.3, -0.25) is 0 Å². The Kier molecular flexibility index (Phi) is 2.94. The molecule has 2 aromatic rings. The number of halogens is 2. The number of aromatic nitrogens is 2. The molecule has 0 unspecified atom stereocenters. The normalized spacial score (nSPS) is 10.4. The molecule has 6 heteroatoms. The molecule has 0 bridgehead atoms. The number of methoxy groups -OCH3 is 1. The zero-order chi connectivity index (χ0) is 11.7. The van der Waals surface area contributed by atoms with Gasteiger partial charge in [0, 0.05) is 11.6 Å². The van der Waals surface area contributed by atoms with E-state index in [1.165, 1.54) is 7.11 Å². The van der Waals surface area contributed by atoms with Crippen molar-refractivity contribution in [2.75, 3.05) is 12.8 Å². The predicted octanol–water partition coefficient (Wildman–Crippen LogP) is 2.97. The van der Waals surface area contributed by atoms with Gasteiger partial charge in [-0.05, 0) is 6.07 Å². The number of ether oxygens (including phenoxy) is 1. The molecule has 0 radical (unpaired) electrons. The lowest BCUT2D eigenvalue weighted by Crippen LogP contribution is -1.88. The van der Waals surface area contributed by atoms with Crippen molar-refractivity contribution in [3.8, 4) is 17.0 Å². The van der Waals surface area contributed by atoms with Crippen LogP contribution in [0.4, 0.5) is 5.95 Å². The number of nitrogen functional groups attached to an aromatic ring is 1. The number of H-pyrrole nitrogens is 1. The lowest BCUT2D eigenvalue weighted by molar-refractivity contribution is 0.415. The van der Waals surface area contributed by atoms with Gasteiger partial charge in [0.05, 0.1) is 29.0 Å². The van der Waals surface area contributed by atoms with Crippen LogP contribution < -0.4 is 10.5 Å². The fourth-order valence-electron chi connectivity index (χ4n) is 1.36. The largest absolute Gasteiger partial charge is 0.495 e. The maximum absolute atomic E-state index is 6.10. The minimum Gasteiger partial charge on any atom is -0.495 e. The van der Waals surface area contributed by atoms with Crippen LogP contribution in [0, 0.1) is 0 Å². The van der Waals surface area contributed by atoms with Crippen LogP contribution in [-0.4, -0.2) is 17.1 Å². The first-order chi connectivity index (χ1) is 7.61. The number of imidazole rings is 1. The average molecular weight is 258 g/mol. The Bertz CT molecular complexity index is 525. The van der Waals surface area contributed by atoms with Gasteiger partial charge in [-0.2, -0.15) is 0 Å². The van der Waals surface area contributed by atoms with Gasteiger partial charge < -0.3 is 15.5 Å². The summed E-state index contributed by atoms with van der Waals surface area (Å²) >= 11 is 12.1. The SMILES string of the molecule is COc1cc(Cl)c(-c2cnc(N)[nH]2)cc1Cl. The summed E-state index contributed by atoms with van der Waals surface area (Å²) in [7, 11) is 1.53. The maximum atomic E-state index is 6.10. The molecule has 4 nitrogen and oxygen atoms in total. The minimum atomic E-state index is 0.331. The van der Waals surface area contributed by atoms with E-state index in [1.54, 1.807) is 18.3 Å². The van der Waals surface area contributed by atoms with Crippen molar-refractivity contribution in [1.29, 1.82) is 0 Å². The molecular formula is C10H9Cl2N3O. The van der Waals surface area contributed by atoms with E-state index in [2.05, 4.69) is 9.97 Å². The van der Waals surface area contributed by atoms with Crippen LogP contribution in [-0.2, 0) is 0 Å². The number of anilines is 1. The monoisotopic (exact) mass is 257 g/mol. The fraction of sp³-hybridized carbons (Fsp3) is 0.100. The number of aromatic amines is 1. The summed E-state index contributed by atoms with van der Waals surface area (Å²) in [6.07, 6.45) is 1.60. The van der Waals surface area contributed by atoms with Gasteiger partial charge in [-0.15, -0.1) is 0 Å². The second-order valence-electron chi connectivity index (χ2n) is 3.15. The molecule has 0 atom stereocenters. The van der Waals surface area contributed by atoms with Gasteiger partial charge in [0.1, 0.15) is 5.75 Å². The van der Waals surface area contributed by atoms with Gasteiger partial charge >= 0.3 is 0 Å². The van der Waals surface area contributed by atoms with E-state index in [0.29, 0.717) is 27.4 Å². The molecule has 84 valence electrons. The second-order valence-corrected chi connectivity index (χ2v) is 3.96. The summed E-state index contributed by atoms with van der Waals surface area (Å²) in [5.74, 6) is 0.862. The van der Waals surface area contributed by atoms with Crippen LogP contribution in [0.1, 0.15) is 0 Å². The van der Waals surface area contributed by atoms with Crippen LogP contribution in [0.5, 0.6) is 5.75 Å². The van der Waals surface area contributed by atoms with Crippen molar-refractivity contribution in [2.24, 2.45) is 0 Å². The van der Waals surface area contributed by atoms with E-state index >= 15 is 0 Å². The third-order valence-corrected chi connectivity index (χ3v) is 2.74. The molecule has 3 N–H and O–H groups in total. The van der Waals surface area contributed by atoms with E-state index in [1.807, 2.05) is 0 Å². The van der Waals surface area contributed by atoms with Crippen molar-refractivity contribution < 1.29 is 4.74 Å². The molecule has 0 saturated carbocycles. The zero-order valence-electron chi connectivity index (χ0n) is 8.42. The molecule has 2 rings (SSSR count). The van der Waals surface area contributed by atoms with Gasteiger partial charge in [0.25, 0.3) is 0 Å². The molecule has 0 amide bonds. The van der Waals surface area contributed by atoms with E-state index in [9.17, 15) is 0 Å². The van der Waals surface area contributed by atoms with Crippen LogP contribution in [0.25, 0.3) is 11.3 Å². The first-order valence-electron chi connectivity index (χ1n) is 4.45. The number of nitrogens with zero attached hydrogens (tertiary/aromatic N) is 1. The van der Waals surface area contributed by atoms with Crippen molar-refractivity contribution in [1.82, 2.24) is 9.97 Å². The summed E-state index contributed by atoms with van der Waals surface area (Å²) in [4.78, 5) is 6.78. The van der Waals surface area contributed by atoms with E-state index in [0.717, 1.165) is 5.56 Å². The highest BCUT2D eigenvalue weighted by Gasteiger charge is 2.11. The highest BCUT2D eigenvalue weighted by molar-refractivity contribution is 6.36. The molecule has 0 saturated heterocycles. The highest BCUT2D eigenvalue weighted by Crippen LogP contribution is 2.35. The number of nitrogens with two attached hydrogens (primary N) is 1. The Morgan fingerprint density at radius 3 is 2.62 bits per heavy atom. The lowest BCUT2D eigenvalue weighted by Gasteiger charge is -2.07. The molecule has 0 fully saturated rings. The molecule has 0 spiro atoms. The topological polar surface area (TPSA) is 63.9 Å². The number of rotatable bonds is 2. The van der Waals surface area contributed by atoms with Crippen molar-refractivity contribution in [3.63, 3.8) is 0 Å². The molecule has 1 aromatic heterocycles. The first kappa shape index (κ1) is 11.1. The molecular weight excluding hydrogens is 249 g/mol. The number of hydrogen-bond donors (Lipinski definition) is 2. The number of nitrogens with one attached hydrogen (secondary N) is 1. The van der Waals surface area contributed by atoms with Crippen LogP contribution in [0.15, 0.2) is 18.3 Å². The molecule has 16 heavy (non-hydrogen) atoms. The Morgan fingerprint density at radius 1 is 1.31 bits per heavy atom. The van der Waals surface area contributed by atoms with Crippen molar-refractivity contribution in [3.05, 3.63) is 28.4 Å². The van der Waals surface area contributed by atoms with E-state index in [-0.39, 0.29) is 0 Å². The first-order valence-corrected chi connectivity index (χ1v) is 5.21. The standard InChI is InChI=1S/C10H9Cl2N3O/c1-16-9-3-6(11)5(2-7(9)12)8-4-14-10(13)15-8/h2-4H,1H3,(H3,13,14,15). The van der Waals surface area contributed by atoms with Crippen LogP contribution >= 0.6 is 23.2 Å². The molecule has 1 aromatic carbocycles. The average Bonchev–Trinajstić information content (AvgIpc) is 2.67. The second kappa shape index (κ2) is 4.23. The lowest BCUT2D eigenvalue weighted by atomic mass is 10.1. The predicted molar refractivity (Wildman–Crippen MR) is 65.0 cm³/mol. The Balaban J connectivity index is 2.54. The minimum absolute atomic E-state index is 0.331. The molecule has 0 aliphatic heterocycles. The number of hydrogen-bond acceptors (Lipinski definition) is 3. The van der Waals surface area contributed by atoms with Gasteiger partial charge in [0.15, 0.2) is 5.95 Å². The van der Waals surface area contributed by atoms with Gasteiger partial charge in [0.2, 0.25) is 0 Å². The summed E-state index contributed by atoms with van der Waals surface area (Å²) in [5, 5.41) is 1.000. The zero-order valence-corrected chi connectivity index (χ0v) is 9.93. The van der Waals surface area contributed by atoms with Gasteiger partial charge in [-0.25, -0.2) is 4.98 Å². The summed E-state index contributed by atoms with van der Waals surface area (Å²) in [5.41, 5.74) is 6.94. The summed E-state index contributed by atoms with van der Waals surface area (Å²) in [6.45, 7) is 0. The Hall–Kier alpha value is -1.39. The van der Waals surface area contributed by atoms with Crippen molar-refractivity contribution in [2.45, 2.75) is 0 Å².